The van der Waals surface area contributed by atoms with Crippen molar-refractivity contribution in [1.82, 2.24) is 0 Å². The van der Waals surface area contributed by atoms with Crippen LogP contribution in [0.15, 0.2) is 47.0 Å². The molecule has 0 atom stereocenters. The van der Waals surface area contributed by atoms with E-state index in [2.05, 4.69) is 75.6 Å². The zero-order chi connectivity index (χ0) is 20.2. The summed E-state index contributed by atoms with van der Waals surface area (Å²) in [6.07, 6.45) is 2.23. The molecule has 0 bridgehead atoms. The average Bonchev–Trinajstić information content (AvgIpc) is 2.99. The lowest BCUT2D eigenvalue weighted by Gasteiger charge is -2.19. The Morgan fingerprint density at radius 2 is 1.68 bits per heavy atom. The number of hydrogen-bond donors (Lipinski definition) is 0. The lowest BCUT2D eigenvalue weighted by molar-refractivity contribution is -0.660. The first kappa shape index (κ1) is 18.5. The van der Waals surface area contributed by atoms with Crippen molar-refractivity contribution in [1.29, 1.82) is 5.26 Å². The molecule has 0 radical (unpaired) electrons. The van der Waals surface area contributed by atoms with Crippen LogP contribution in [-0.2, 0) is 7.05 Å². The van der Waals surface area contributed by atoms with Crippen molar-refractivity contribution in [2.24, 2.45) is 7.05 Å². The number of furan rings is 1. The normalized spacial score (nSPS) is 11.9. The highest BCUT2D eigenvalue weighted by Crippen LogP contribution is 2.37. The number of aromatic nitrogens is 1. The van der Waals surface area contributed by atoms with Crippen molar-refractivity contribution in [3.63, 3.8) is 0 Å². The molecule has 4 aromatic rings. The van der Waals surface area contributed by atoms with Crippen molar-refractivity contribution in [2.75, 3.05) is 0 Å². The molecule has 0 saturated carbocycles. The van der Waals surface area contributed by atoms with E-state index in [9.17, 15) is 5.26 Å². The van der Waals surface area contributed by atoms with E-state index in [0.29, 0.717) is 5.56 Å². The number of aryl methyl sites for hydroxylation is 3. The molecule has 2 aromatic carbocycles. The molecule has 0 saturated heterocycles. The molecule has 0 amide bonds. The van der Waals surface area contributed by atoms with Crippen LogP contribution in [0.5, 0.6) is 0 Å². The third-order valence-corrected chi connectivity index (χ3v) is 7.67. The average molecular weight is 386 g/mol. The van der Waals surface area contributed by atoms with Gasteiger partial charge in [-0.2, -0.15) is 5.26 Å². The van der Waals surface area contributed by atoms with Crippen LogP contribution in [0.4, 0.5) is 0 Å². The first-order chi connectivity index (χ1) is 13.2. The Morgan fingerprint density at radius 3 is 2.36 bits per heavy atom. The van der Waals surface area contributed by atoms with Gasteiger partial charge in [0.2, 0.25) is 5.69 Å². The van der Waals surface area contributed by atoms with E-state index in [1.807, 2.05) is 18.2 Å². The van der Waals surface area contributed by atoms with Crippen molar-refractivity contribution in [3.05, 3.63) is 59.3 Å². The largest absolute Gasteiger partial charge is 0.455 e. The van der Waals surface area contributed by atoms with Crippen LogP contribution in [0.3, 0.4) is 0 Å². The topological polar surface area (TPSA) is 40.8 Å². The zero-order valence-electron chi connectivity index (χ0n) is 17.3. The number of nitriles is 1. The van der Waals surface area contributed by atoms with Crippen molar-refractivity contribution >= 4 is 35.2 Å². The minimum Gasteiger partial charge on any atom is -0.455 e. The Bertz CT molecular complexity index is 1290. The fraction of sp³-hybridized carbons (Fsp3) is 0.250. The minimum atomic E-state index is -1.47. The van der Waals surface area contributed by atoms with Crippen molar-refractivity contribution in [2.45, 2.75) is 33.5 Å². The van der Waals surface area contributed by atoms with E-state index >= 15 is 0 Å². The van der Waals surface area contributed by atoms with Crippen LogP contribution < -0.4 is 9.75 Å². The Labute approximate surface area is 166 Å². The molecular formula is C24H25N2OSi+. The van der Waals surface area contributed by atoms with Gasteiger partial charge < -0.3 is 4.42 Å². The van der Waals surface area contributed by atoms with Crippen LogP contribution in [0.25, 0.3) is 33.2 Å². The van der Waals surface area contributed by atoms with E-state index < -0.39 is 8.07 Å². The summed E-state index contributed by atoms with van der Waals surface area (Å²) >= 11 is 0. The van der Waals surface area contributed by atoms with E-state index in [0.717, 1.165) is 27.5 Å². The summed E-state index contributed by atoms with van der Waals surface area (Å²) in [5.74, 6) is 0. The van der Waals surface area contributed by atoms with Gasteiger partial charge in [0.15, 0.2) is 6.20 Å². The van der Waals surface area contributed by atoms with Gasteiger partial charge in [0.25, 0.3) is 0 Å². The van der Waals surface area contributed by atoms with Gasteiger partial charge >= 0.3 is 0 Å². The molecule has 4 heteroatoms. The van der Waals surface area contributed by atoms with E-state index in [1.54, 1.807) is 0 Å². The second kappa shape index (κ2) is 6.32. The summed E-state index contributed by atoms with van der Waals surface area (Å²) in [6, 6.07) is 14.5. The number of hydrogen-bond acceptors (Lipinski definition) is 2. The van der Waals surface area contributed by atoms with Gasteiger partial charge in [-0.1, -0.05) is 31.8 Å². The summed E-state index contributed by atoms with van der Waals surface area (Å²) in [6.45, 7) is 11.5. The molecule has 3 nitrogen and oxygen atoms in total. The summed E-state index contributed by atoms with van der Waals surface area (Å²) in [7, 11) is 0.628. The van der Waals surface area contributed by atoms with Gasteiger partial charge in [-0.25, -0.2) is 4.57 Å². The molecular weight excluding hydrogens is 360 g/mol. The lowest BCUT2D eigenvalue weighted by atomic mass is 10.00. The number of nitrogens with zero attached hydrogens (tertiary/aromatic N) is 2. The van der Waals surface area contributed by atoms with Gasteiger partial charge in [0.05, 0.1) is 25.3 Å². The van der Waals surface area contributed by atoms with Crippen LogP contribution >= 0.6 is 0 Å². The Balaban J connectivity index is 2.09. The maximum Gasteiger partial charge on any atom is 0.216 e. The molecule has 140 valence electrons. The minimum absolute atomic E-state index is 0.617. The summed E-state index contributed by atoms with van der Waals surface area (Å²) < 4.78 is 8.52. The highest BCUT2D eigenvalue weighted by molar-refractivity contribution is 6.89. The predicted octanol–water partition coefficient (Wildman–Crippen LogP) is 5.11. The van der Waals surface area contributed by atoms with Crippen molar-refractivity contribution in [3.8, 4) is 17.3 Å². The maximum absolute atomic E-state index is 9.23. The number of pyridine rings is 1. The molecule has 0 unspecified atom stereocenters. The smallest absolute Gasteiger partial charge is 0.216 e. The summed E-state index contributed by atoms with van der Waals surface area (Å²) in [5.41, 5.74) is 7.12. The SMILES string of the molecule is Cc1c[n+](C)c(-c2c(C)ccc3c2oc2cc(C#N)ccc23)cc1[Si](C)(C)C. The third-order valence-electron chi connectivity index (χ3n) is 5.52. The Hall–Kier alpha value is -2.90. The molecule has 0 spiro atoms. The third kappa shape index (κ3) is 2.83. The lowest BCUT2D eigenvalue weighted by Crippen LogP contribution is -2.44. The number of fused-ring (bicyclic) bond motifs is 3. The van der Waals surface area contributed by atoms with E-state index in [1.165, 1.54) is 22.0 Å². The molecule has 2 heterocycles. The quantitative estimate of drug-likeness (QED) is 0.355. The van der Waals surface area contributed by atoms with Gasteiger partial charge in [0.1, 0.15) is 18.2 Å². The molecule has 2 aromatic heterocycles. The maximum atomic E-state index is 9.23. The summed E-state index contributed by atoms with van der Waals surface area (Å²) in [4.78, 5) is 0. The van der Waals surface area contributed by atoms with Gasteiger partial charge in [-0.05, 0) is 42.8 Å². The monoisotopic (exact) mass is 385 g/mol. The van der Waals surface area contributed by atoms with Crippen LogP contribution in [0.1, 0.15) is 16.7 Å². The molecule has 0 aliphatic rings. The first-order valence-electron chi connectivity index (χ1n) is 9.58. The van der Waals surface area contributed by atoms with Gasteiger partial charge in [-0.3, -0.25) is 0 Å². The van der Waals surface area contributed by atoms with E-state index in [4.69, 9.17) is 4.42 Å². The fourth-order valence-corrected chi connectivity index (χ4v) is 5.98. The molecule has 0 aliphatic carbocycles. The molecule has 0 aliphatic heterocycles. The second-order valence-corrected chi connectivity index (χ2v) is 13.7. The van der Waals surface area contributed by atoms with Crippen LogP contribution in [0.2, 0.25) is 19.6 Å². The Morgan fingerprint density at radius 1 is 0.964 bits per heavy atom. The highest BCUT2D eigenvalue weighted by atomic mass is 28.3. The van der Waals surface area contributed by atoms with Crippen LogP contribution in [0, 0.1) is 25.2 Å². The van der Waals surface area contributed by atoms with E-state index in [-0.39, 0.29) is 0 Å². The number of benzene rings is 2. The van der Waals surface area contributed by atoms with Crippen LogP contribution in [-0.4, -0.2) is 8.07 Å². The van der Waals surface area contributed by atoms with Crippen molar-refractivity contribution < 1.29 is 8.98 Å². The Kier molecular flexibility index (Phi) is 4.17. The molecule has 0 fully saturated rings. The first-order valence-corrected chi connectivity index (χ1v) is 13.1. The zero-order valence-corrected chi connectivity index (χ0v) is 18.3. The van der Waals surface area contributed by atoms with Gasteiger partial charge in [-0.15, -0.1) is 0 Å². The fourth-order valence-electron chi connectivity index (χ4n) is 4.16. The molecule has 28 heavy (non-hydrogen) atoms. The predicted molar refractivity (Wildman–Crippen MR) is 118 cm³/mol. The molecule has 0 N–H and O–H groups in total. The van der Waals surface area contributed by atoms with Gasteiger partial charge in [0, 0.05) is 22.4 Å². The highest BCUT2D eigenvalue weighted by Gasteiger charge is 2.26. The second-order valence-electron chi connectivity index (χ2n) is 8.68. The standard InChI is InChI=1S/C24H25N2OSi/c1-15-7-9-19-18-10-8-17(13-25)11-21(18)27-24(19)23(15)20-12-22(28(4,5)6)16(2)14-26(20)3/h7-12,14H,1-6H3/q+1. The summed E-state index contributed by atoms with van der Waals surface area (Å²) in [5, 5.41) is 12.8. The number of rotatable bonds is 2. The molecule has 4 rings (SSSR count).